The Morgan fingerprint density at radius 3 is 2.52 bits per heavy atom. The number of esters is 1. The van der Waals surface area contributed by atoms with Gasteiger partial charge in [-0.05, 0) is 27.2 Å². The van der Waals surface area contributed by atoms with Crippen molar-refractivity contribution >= 4 is 11.9 Å². The van der Waals surface area contributed by atoms with Gasteiger partial charge in [0, 0.05) is 6.92 Å². The minimum absolute atomic E-state index is 0.171. The Morgan fingerprint density at radius 1 is 1.33 bits per heavy atom. The Bertz CT molecular complexity index is 424. The Balaban J connectivity index is 2.23. The monoisotopic (exact) mass is 301 g/mol. The summed E-state index contributed by atoms with van der Waals surface area (Å²) in [7, 11) is 0. The minimum atomic E-state index is -0.887. The van der Waals surface area contributed by atoms with Gasteiger partial charge in [0.1, 0.15) is 12.2 Å². The first kappa shape index (κ1) is 16.2. The molecule has 1 amide bonds. The zero-order chi connectivity index (χ0) is 15.8. The van der Waals surface area contributed by atoms with Crippen LogP contribution in [-0.4, -0.2) is 53.7 Å². The lowest BCUT2D eigenvalue weighted by Crippen LogP contribution is -2.60. The summed E-state index contributed by atoms with van der Waals surface area (Å²) >= 11 is 0. The molecule has 0 aromatic heterocycles. The van der Waals surface area contributed by atoms with Crippen molar-refractivity contribution in [1.82, 2.24) is 5.32 Å². The van der Waals surface area contributed by atoms with E-state index in [1.165, 1.54) is 6.92 Å². The summed E-state index contributed by atoms with van der Waals surface area (Å²) in [5.41, 5.74) is 0. The van der Waals surface area contributed by atoms with E-state index in [4.69, 9.17) is 14.2 Å². The molecule has 21 heavy (non-hydrogen) atoms. The fourth-order valence-corrected chi connectivity index (χ4v) is 3.06. The molecule has 1 heterocycles. The zero-order valence-corrected chi connectivity index (χ0v) is 12.8. The smallest absolute Gasteiger partial charge is 0.311 e. The summed E-state index contributed by atoms with van der Waals surface area (Å²) in [6, 6.07) is -0.597. The second-order valence-corrected chi connectivity index (χ2v) is 5.95. The van der Waals surface area contributed by atoms with Gasteiger partial charge in [-0.1, -0.05) is 0 Å². The van der Waals surface area contributed by atoms with Gasteiger partial charge in [-0.3, -0.25) is 9.59 Å². The predicted molar refractivity (Wildman–Crippen MR) is 72.2 cm³/mol. The molecule has 0 aromatic carbocycles. The second kappa shape index (κ2) is 5.90. The summed E-state index contributed by atoms with van der Waals surface area (Å²) in [4.78, 5) is 23.4. The molecule has 7 nitrogen and oxygen atoms in total. The van der Waals surface area contributed by atoms with Crippen LogP contribution in [0.4, 0.5) is 0 Å². The van der Waals surface area contributed by atoms with E-state index in [0.717, 1.165) is 0 Å². The maximum atomic E-state index is 12.1. The fraction of sp³-hybridized carbons (Fsp3) is 0.857. The number of ether oxygens (including phenoxy) is 3. The van der Waals surface area contributed by atoms with Gasteiger partial charge in [0.15, 0.2) is 5.79 Å². The molecule has 2 N–H and O–H groups in total. The van der Waals surface area contributed by atoms with Crippen LogP contribution in [0.3, 0.4) is 0 Å². The number of hydrogen-bond donors (Lipinski definition) is 2. The van der Waals surface area contributed by atoms with Gasteiger partial charge in [0.2, 0.25) is 5.91 Å². The van der Waals surface area contributed by atoms with E-state index in [0.29, 0.717) is 0 Å². The number of hydrogen-bond acceptors (Lipinski definition) is 6. The van der Waals surface area contributed by atoms with E-state index < -0.39 is 42.0 Å². The Kier molecular flexibility index (Phi) is 4.55. The van der Waals surface area contributed by atoms with Crippen LogP contribution in [0.1, 0.15) is 34.1 Å². The lowest BCUT2D eigenvalue weighted by Gasteiger charge is -2.39. The highest BCUT2D eigenvalue weighted by molar-refractivity contribution is 5.75. The van der Waals surface area contributed by atoms with Crippen LogP contribution in [0.5, 0.6) is 0 Å². The first-order chi connectivity index (χ1) is 9.75. The van der Waals surface area contributed by atoms with Crippen molar-refractivity contribution < 1.29 is 28.9 Å². The Morgan fingerprint density at radius 2 is 1.95 bits per heavy atom. The molecule has 2 fully saturated rings. The van der Waals surface area contributed by atoms with Gasteiger partial charge < -0.3 is 24.6 Å². The fourth-order valence-electron chi connectivity index (χ4n) is 3.06. The molecule has 1 unspecified atom stereocenters. The lowest BCUT2D eigenvalue weighted by atomic mass is 9.79. The minimum Gasteiger partial charge on any atom is -0.466 e. The van der Waals surface area contributed by atoms with E-state index >= 15 is 0 Å². The molecule has 2 aliphatic rings. The number of carbonyl (C=O) groups is 2. The van der Waals surface area contributed by atoms with Crippen molar-refractivity contribution in [2.24, 2.45) is 5.92 Å². The van der Waals surface area contributed by atoms with Crippen LogP contribution in [-0.2, 0) is 23.8 Å². The third-order valence-electron chi connectivity index (χ3n) is 3.78. The average Bonchev–Trinajstić information content (AvgIpc) is 2.68. The summed E-state index contributed by atoms with van der Waals surface area (Å²) < 4.78 is 16.6. The molecular formula is C14H23NO6. The van der Waals surface area contributed by atoms with Crippen LogP contribution in [0.2, 0.25) is 0 Å². The third kappa shape index (κ3) is 3.36. The van der Waals surface area contributed by atoms with Crippen LogP contribution >= 0.6 is 0 Å². The van der Waals surface area contributed by atoms with E-state index in [9.17, 15) is 14.7 Å². The van der Waals surface area contributed by atoms with Gasteiger partial charge in [0.25, 0.3) is 0 Å². The third-order valence-corrected chi connectivity index (χ3v) is 3.78. The maximum Gasteiger partial charge on any atom is 0.311 e. The van der Waals surface area contributed by atoms with Crippen LogP contribution < -0.4 is 5.32 Å². The second-order valence-electron chi connectivity index (χ2n) is 5.95. The molecule has 2 rings (SSSR count). The normalized spacial score (nSPS) is 37.7. The number of amides is 1. The average molecular weight is 301 g/mol. The number of rotatable bonds is 3. The van der Waals surface area contributed by atoms with Gasteiger partial charge in [-0.15, -0.1) is 0 Å². The molecule has 0 spiro atoms. The van der Waals surface area contributed by atoms with Crippen LogP contribution in [0.15, 0.2) is 0 Å². The topological polar surface area (TPSA) is 94.1 Å². The largest absolute Gasteiger partial charge is 0.466 e. The highest BCUT2D eigenvalue weighted by Crippen LogP contribution is 2.40. The Labute approximate surface area is 123 Å². The molecule has 1 saturated heterocycles. The van der Waals surface area contributed by atoms with E-state index in [2.05, 4.69) is 5.32 Å². The van der Waals surface area contributed by atoms with Gasteiger partial charge in [-0.2, -0.15) is 0 Å². The summed E-state index contributed by atoms with van der Waals surface area (Å²) in [6.45, 7) is 6.85. The number of carbonyl (C=O) groups excluding carboxylic acids is 2. The van der Waals surface area contributed by atoms with Gasteiger partial charge >= 0.3 is 5.97 Å². The maximum absolute atomic E-state index is 12.1. The molecule has 7 heteroatoms. The van der Waals surface area contributed by atoms with Crippen molar-refractivity contribution in [3.8, 4) is 0 Å². The molecule has 1 aliphatic heterocycles. The van der Waals surface area contributed by atoms with E-state index in [1.54, 1.807) is 20.8 Å². The SMILES string of the molecule is CCOC(=O)C1C[C@@H](O)[C@@H](NC(C)=O)[C@@H]2OC(C)(C)O[C@H]12. The van der Waals surface area contributed by atoms with Crippen molar-refractivity contribution in [3.05, 3.63) is 0 Å². The molecule has 0 aromatic rings. The number of nitrogens with one attached hydrogen (secondary N) is 1. The van der Waals surface area contributed by atoms with Crippen molar-refractivity contribution in [2.75, 3.05) is 6.61 Å². The quantitative estimate of drug-likeness (QED) is 0.710. The van der Waals surface area contributed by atoms with E-state index in [-0.39, 0.29) is 18.9 Å². The standard InChI is InChI=1S/C14H23NO6/c1-5-19-13(18)8-6-9(17)10(15-7(2)16)12-11(8)20-14(3,4)21-12/h8-12,17H,5-6H2,1-4H3,(H,15,16)/t8?,9-,10-,11-,12+/m1/s1. The Hall–Kier alpha value is -1.18. The number of aliphatic hydroxyl groups is 1. The molecule has 1 saturated carbocycles. The van der Waals surface area contributed by atoms with Crippen molar-refractivity contribution in [2.45, 2.75) is 64.3 Å². The molecule has 0 radical (unpaired) electrons. The highest BCUT2D eigenvalue weighted by atomic mass is 16.8. The predicted octanol–water partition coefficient (Wildman–Crippen LogP) is -0.0449. The van der Waals surface area contributed by atoms with Gasteiger partial charge in [-0.25, -0.2) is 0 Å². The lowest BCUT2D eigenvalue weighted by molar-refractivity contribution is -0.164. The molecule has 5 atom stereocenters. The van der Waals surface area contributed by atoms with Gasteiger partial charge in [0.05, 0.1) is 24.7 Å². The molecular weight excluding hydrogens is 278 g/mol. The number of aliphatic hydroxyl groups excluding tert-OH is 1. The van der Waals surface area contributed by atoms with Crippen LogP contribution in [0.25, 0.3) is 0 Å². The first-order valence-corrected chi connectivity index (χ1v) is 7.22. The summed E-state index contributed by atoms with van der Waals surface area (Å²) in [5.74, 6) is -2.15. The van der Waals surface area contributed by atoms with Crippen molar-refractivity contribution in [3.63, 3.8) is 0 Å². The van der Waals surface area contributed by atoms with E-state index in [1.807, 2.05) is 0 Å². The first-order valence-electron chi connectivity index (χ1n) is 7.22. The summed E-state index contributed by atoms with van der Waals surface area (Å²) in [5, 5.41) is 13.0. The number of fused-ring (bicyclic) bond motifs is 1. The molecule has 120 valence electrons. The summed E-state index contributed by atoms with van der Waals surface area (Å²) in [6.07, 6.45) is -1.84. The van der Waals surface area contributed by atoms with Crippen LogP contribution in [0, 0.1) is 5.92 Å². The zero-order valence-electron chi connectivity index (χ0n) is 12.8. The molecule has 0 bridgehead atoms. The highest BCUT2D eigenvalue weighted by Gasteiger charge is 2.56. The van der Waals surface area contributed by atoms with Crippen molar-refractivity contribution in [1.29, 1.82) is 0 Å². The molecule has 1 aliphatic carbocycles.